The van der Waals surface area contributed by atoms with Crippen LogP contribution in [0.2, 0.25) is 0 Å². The van der Waals surface area contributed by atoms with E-state index in [0.29, 0.717) is 12.1 Å². The molecule has 0 radical (unpaired) electrons. The Morgan fingerprint density at radius 3 is 2.68 bits per heavy atom. The predicted octanol–water partition coefficient (Wildman–Crippen LogP) is -0.561. The van der Waals surface area contributed by atoms with Crippen LogP contribution in [-0.4, -0.2) is 52.5 Å². The molecule has 2 heterocycles. The maximum absolute atomic E-state index is 13.4. The molecule has 4 rings (SSSR count). The number of rotatable bonds is 5. The Hall–Kier alpha value is -2.64. The number of amides is 1. The Morgan fingerprint density at radius 1 is 1.11 bits per heavy atom. The van der Waals surface area contributed by atoms with Crippen molar-refractivity contribution in [3.05, 3.63) is 59.4 Å². The fourth-order valence-electron chi connectivity index (χ4n) is 3.90. The molecule has 0 unspecified atom stereocenters. The number of benzene rings is 2. The fourth-order valence-corrected chi connectivity index (χ4v) is 3.90. The molecule has 2 aliphatic rings. The number of carbonyl (C=O) groups excluding carboxylic acids is 1. The second-order valence-corrected chi connectivity index (χ2v) is 7.50. The van der Waals surface area contributed by atoms with Gasteiger partial charge in [-0.15, -0.1) is 0 Å². The lowest BCUT2D eigenvalue weighted by Gasteiger charge is -2.33. The van der Waals surface area contributed by atoms with E-state index >= 15 is 0 Å². The summed E-state index contributed by atoms with van der Waals surface area (Å²) in [6.45, 7) is 4.96. The van der Waals surface area contributed by atoms with E-state index in [2.05, 4.69) is 12.4 Å². The number of hydrogen-bond donors (Lipinski definition) is 3. The Labute approximate surface area is 163 Å². The number of quaternary nitrogens is 2. The van der Waals surface area contributed by atoms with E-state index in [-0.39, 0.29) is 18.7 Å². The molecule has 1 atom stereocenters. The highest BCUT2D eigenvalue weighted by atomic mass is 19.1. The number of nitrogens with one attached hydrogen (secondary N) is 3. The molecule has 6 nitrogen and oxygen atoms in total. The highest BCUT2D eigenvalue weighted by Crippen LogP contribution is 2.33. The number of fused-ring (bicyclic) bond motifs is 1. The Kier molecular flexibility index (Phi) is 5.45. The molecule has 1 amide bonds. The zero-order valence-electron chi connectivity index (χ0n) is 16.0. The van der Waals surface area contributed by atoms with Crippen molar-refractivity contribution in [1.29, 1.82) is 0 Å². The van der Waals surface area contributed by atoms with Crippen LogP contribution in [0.4, 0.5) is 4.39 Å². The molecule has 0 bridgehead atoms. The predicted molar refractivity (Wildman–Crippen MR) is 101 cm³/mol. The minimum atomic E-state index is -0.410. The van der Waals surface area contributed by atoms with Crippen LogP contribution in [0.1, 0.15) is 22.0 Å². The molecule has 3 N–H and O–H groups in total. The first-order chi connectivity index (χ1) is 13.6. The van der Waals surface area contributed by atoms with Crippen molar-refractivity contribution in [3.8, 4) is 11.5 Å². The molecule has 0 spiro atoms. The maximum Gasteiger partial charge on any atom is 0.251 e. The molecule has 2 aromatic carbocycles. The van der Waals surface area contributed by atoms with Gasteiger partial charge in [-0.05, 0) is 36.4 Å². The minimum Gasteiger partial charge on any atom is -0.454 e. The van der Waals surface area contributed by atoms with Gasteiger partial charge in [0.05, 0.1) is 13.6 Å². The van der Waals surface area contributed by atoms with Crippen molar-refractivity contribution < 1.29 is 28.5 Å². The SMILES string of the molecule is C[NH+]1CC[NH+]([C@@H](CNC(=O)c2cccc(F)c2)c2ccc3c(c2)OCO3)CC1. The van der Waals surface area contributed by atoms with Gasteiger partial charge in [-0.1, -0.05) is 6.07 Å². The van der Waals surface area contributed by atoms with Crippen LogP contribution in [0.3, 0.4) is 0 Å². The summed E-state index contributed by atoms with van der Waals surface area (Å²) in [6.07, 6.45) is 0. The van der Waals surface area contributed by atoms with Crippen LogP contribution >= 0.6 is 0 Å². The molecule has 2 aliphatic heterocycles. The fraction of sp³-hybridized carbons (Fsp3) is 0.381. The largest absolute Gasteiger partial charge is 0.454 e. The molecule has 0 aromatic heterocycles. The third-order valence-electron chi connectivity index (χ3n) is 5.59. The van der Waals surface area contributed by atoms with Gasteiger partial charge in [0.2, 0.25) is 6.79 Å². The van der Waals surface area contributed by atoms with Crippen LogP contribution in [0, 0.1) is 5.82 Å². The number of ether oxygens (including phenoxy) is 2. The number of hydrogen-bond acceptors (Lipinski definition) is 3. The van der Waals surface area contributed by atoms with Crippen molar-refractivity contribution in [3.63, 3.8) is 0 Å². The number of carbonyl (C=O) groups is 1. The van der Waals surface area contributed by atoms with Crippen LogP contribution in [0.15, 0.2) is 42.5 Å². The molecule has 1 fully saturated rings. The van der Waals surface area contributed by atoms with Crippen LogP contribution < -0.4 is 24.6 Å². The first kappa shape index (κ1) is 18.7. The summed E-state index contributed by atoms with van der Waals surface area (Å²) in [5.74, 6) is 0.833. The van der Waals surface area contributed by atoms with Gasteiger partial charge >= 0.3 is 0 Å². The second-order valence-electron chi connectivity index (χ2n) is 7.50. The third-order valence-corrected chi connectivity index (χ3v) is 5.59. The zero-order chi connectivity index (χ0) is 19.5. The highest BCUT2D eigenvalue weighted by Gasteiger charge is 2.31. The average Bonchev–Trinajstić information content (AvgIpc) is 3.17. The van der Waals surface area contributed by atoms with Crippen molar-refractivity contribution in [2.24, 2.45) is 0 Å². The molecule has 148 valence electrons. The van der Waals surface area contributed by atoms with Gasteiger partial charge in [0, 0.05) is 11.1 Å². The van der Waals surface area contributed by atoms with Crippen molar-refractivity contribution >= 4 is 5.91 Å². The number of halogens is 1. The summed E-state index contributed by atoms with van der Waals surface area (Å²) in [4.78, 5) is 15.5. The van der Waals surface area contributed by atoms with E-state index in [1.807, 2.05) is 18.2 Å². The van der Waals surface area contributed by atoms with Gasteiger partial charge in [0.25, 0.3) is 5.91 Å². The van der Waals surface area contributed by atoms with Gasteiger partial charge in [-0.2, -0.15) is 0 Å². The first-order valence-electron chi connectivity index (χ1n) is 9.69. The van der Waals surface area contributed by atoms with Crippen LogP contribution in [-0.2, 0) is 0 Å². The Balaban J connectivity index is 1.52. The van der Waals surface area contributed by atoms with E-state index in [1.165, 1.54) is 21.9 Å². The average molecular weight is 387 g/mol. The van der Waals surface area contributed by atoms with Crippen molar-refractivity contribution in [1.82, 2.24) is 5.32 Å². The van der Waals surface area contributed by atoms with Crippen molar-refractivity contribution in [2.75, 3.05) is 46.6 Å². The highest BCUT2D eigenvalue weighted by molar-refractivity contribution is 5.94. The summed E-state index contributed by atoms with van der Waals surface area (Å²) in [5.41, 5.74) is 1.45. The maximum atomic E-state index is 13.4. The van der Waals surface area contributed by atoms with Crippen molar-refractivity contribution in [2.45, 2.75) is 6.04 Å². The summed E-state index contributed by atoms with van der Waals surface area (Å²) >= 11 is 0. The second kappa shape index (κ2) is 8.16. The summed E-state index contributed by atoms with van der Waals surface area (Å²) in [6, 6.07) is 11.9. The summed E-state index contributed by atoms with van der Waals surface area (Å²) in [5, 5.41) is 3.00. The monoisotopic (exact) mass is 387 g/mol. The lowest BCUT2D eigenvalue weighted by Crippen LogP contribution is -3.27. The molecule has 0 saturated carbocycles. The molecular weight excluding hydrogens is 361 g/mol. The smallest absolute Gasteiger partial charge is 0.251 e. The van der Waals surface area contributed by atoms with E-state index in [4.69, 9.17) is 9.47 Å². The molecule has 7 heteroatoms. The van der Waals surface area contributed by atoms with Gasteiger partial charge < -0.3 is 24.6 Å². The summed E-state index contributed by atoms with van der Waals surface area (Å²) in [7, 11) is 2.21. The molecule has 1 saturated heterocycles. The van der Waals surface area contributed by atoms with E-state index in [1.54, 1.807) is 12.1 Å². The van der Waals surface area contributed by atoms with Gasteiger partial charge in [-0.3, -0.25) is 4.79 Å². The number of piperazine rings is 1. The molecular formula is C21H26FN3O3+2. The quantitative estimate of drug-likeness (QED) is 0.645. The van der Waals surface area contributed by atoms with Gasteiger partial charge in [0.1, 0.15) is 38.0 Å². The Morgan fingerprint density at radius 2 is 1.89 bits per heavy atom. The van der Waals surface area contributed by atoms with Gasteiger partial charge in [0.15, 0.2) is 11.5 Å². The topological polar surface area (TPSA) is 56.4 Å². The lowest BCUT2D eigenvalue weighted by atomic mass is 10.0. The lowest BCUT2D eigenvalue weighted by molar-refractivity contribution is -1.02. The standard InChI is InChI=1S/C21H24FN3O3/c1-24-7-9-25(10-8-24)18(15-5-6-19-20(12-15)28-14-27-19)13-23-21(26)16-3-2-4-17(22)11-16/h2-6,11-12,18H,7-10,13-14H2,1H3,(H,23,26)/p+2/t18-/m0/s1. The Bertz CT molecular complexity index is 853. The minimum absolute atomic E-state index is 0.0973. The molecule has 0 aliphatic carbocycles. The van der Waals surface area contributed by atoms with Crippen LogP contribution in [0.25, 0.3) is 0 Å². The zero-order valence-corrected chi connectivity index (χ0v) is 16.0. The normalized spacial score (nSPS) is 21.9. The van der Waals surface area contributed by atoms with E-state index < -0.39 is 5.82 Å². The third kappa shape index (κ3) is 4.10. The number of likely N-dealkylation sites (N-methyl/N-ethyl adjacent to an activating group) is 1. The molecule has 28 heavy (non-hydrogen) atoms. The summed E-state index contributed by atoms with van der Waals surface area (Å²) < 4.78 is 24.4. The molecule has 2 aromatic rings. The van der Waals surface area contributed by atoms with Gasteiger partial charge in [-0.25, -0.2) is 4.39 Å². The first-order valence-corrected chi connectivity index (χ1v) is 9.69. The van der Waals surface area contributed by atoms with Crippen LogP contribution in [0.5, 0.6) is 11.5 Å². The van der Waals surface area contributed by atoms with E-state index in [9.17, 15) is 9.18 Å². The van der Waals surface area contributed by atoms with E-state index in [0.717, 1.165) is 43.2 Å².